The molecule has 0 aromatic heterocycles. The van der Waals surface area contributed by atoms with E-state index >= 15 is 0 Å². The fourth-order valence-electron chi connectivity index (χ4n) is 25.1. The van der Waals surface area contributed by atoms with E-state index in [2.05, 4.69) is 152 Å². The topological polar surface area (TPSA) is 173 Å². The summed E-state index contributed by atoms with van der Waals surface area (Å²) in [5, 5.41) is 0. The Hall–Kier alpha value is -6.56. The third-order valence-electron chi connectivity index (χ3n) is 34.5. The van der Waals surface area contributed by atoms with Crippen LogP contribution < -0.4 is 18.9 Å². The van der Waals surface area contributed by atoms with Crippen LogP contribution in [0.3, 0.4) is 0 Å². The number of hydrogen-bond donors (Lipinski definition) is 0. The van der Waals surface area contributed by atoms with Crippen molar-refractivity contribution in [2.75, 3.05) is 26.4 Å². The van der Waals surface area contributed by atoms with Gasteiger partial charge in [-0.25, -0.2) is 0 Å². The van der Waals surface area contributed by atoms with Crippen molar-refractivity contribution >= 4 is 46.3 Å². The number of Topliss-reactive ketones (excluding diaryl/α,β-unsaturated/α-hetero) is 8. The average molecular weight is 1950 g/mol. The molecule has 12 rings (SSSR count). The van der Waals surface area contributed by atoms with Crippen LogP contribution >= 0.6 is 0 Å². The molecule has 0 heterocycles. The summed E-state index contributed by atoms with van der Waals surface area (Å²) in [5.74, 6) is 10.9. The van der Waals surface area contributed by atoms with E-state index in [1.807, 2.05) is 0 Å². The van der Waals surface area contributed by atoms with Crippen LogP contribution in [-0.4, -0.2) is 72.7 Å². The van der Waals surface area contributed by atoms with Crippen molar-refractivity contribution in [2.24, 2.45) is 71.0 Å². The molecule has 8 aliphatic rings. The molecule has 4 aromatic rings. The minimum atomic E-state index is -0.298. The molecule has 8 atom stereocenters. The molecule has 8 aliphatic carbocycles. The summed E-state index contributed by atoms with van der Waals surface area (Å²) >= 11 is 0. The molecule has 8 fully saturated rings. The van der Waals surface area contributed by atoms with Gasteiger partial charge in [-0.2, -0.15) is 0 Å². The highest BCUT2D eigenvalue weighted by molar-refractivity contribution is 6.05. The first-order chi connectivity index (χ1) is 68.9. The predicted octanol–water partition coefficient (Wildman–Crippen LogP) is 35.7. The largest absolute Gasteiger partial charge is 0.494 e. The molecule has 0 radical (unpaired) electrons. The monoisotopic (exact) mass is 1940 g/mol. The molecule has 12 nitrogen and oxygen atoms in total. The van der Waals surface area contributed by atoms with Crippen LogP contribution in [0.4, 0.5) is 0 Å². The van der Waals surface area contributed by atoms with Gasteiger partial charge in [-0.3, -0.25) is 38.4 Å². The molecule has 790 valence electrons. The molecule has 0 amide bonds. The molecule has 141 heavy (non-hydrogen) atoms. The average Bonchev–Trinajstić information content (AvgIpc) is 0.839. The SMILES string of the molecule is CCCCCCCCOc1ccc(C2CCC(CC(=O)C3CCC(CC)CC3=O)CC2)cc1.CCCCCCCCOc1ccc(C2CCC(CC(=O)C3CCC(CCC)CC3=O)CC2)cc1.CCCCCCCCOc1ccc(C2CCC(CC(=O)C3CCC(CCCCC)CC3=O)CC2)cc1.CCCCCCCCOc1ccc(C2CCC(CC(=O)C3CCC(CCCCCCC)CC3=O)CC2)cc1. The van der Waals surface area contributed by atoms with Crippen LogP contribution in [0.15, 0.2) is 97.1 Å². The van der Waals surface area contributed by atoms with Crippen LogP contribution in [0.2, 0.25) is 0 Å². The van der Waals surface area contributed by atoms with E-state index < -0.39 is 0 Å². The van der Waals surface area contributed by atoms with Crippen LogP contribution in [0, 0.1) is 71.0 Å². The Morgan fingerprint density at radius 1 is 0.206 bits per heavy atom. The number of rotatable bonds is 61. The van der Waals surface area contributed by atoms with E-state index in [9.17, 15) is 38.4 Å². The quantitative estimate of drug-likeness (QED) is 0.0303. The third-order valence-corrected chi connectivity index (χ3v) is 34.5. The highest BCUT2D eigenvalue weighted by atomic mass is 16.5. The Labute approximate surface area is 860 Å². The second-order valence-corrected chi connectivity index (χ2v) is 45.9. The van der Waals surface area contributed by atoms with E-state index in [0.717, 1.165) is 255 Å². The van der Waals surface area contributed by atoms with Gasteiger partial charge in [0.2, 0.25) is 0 Å². The fourth-order valence-corrected chi connectivity index (χ4v) is 25.1. The van der Waals surface area contributed by atoms with Gasteiger partial charge in [0.25, 0.3) is 0 Å². The van der Waals surface area contributed by atoms with Gasteiger partial charge < -0.3 is 18.9 Å². The summed E-state index contributed by atoms with van der Waals surface area (Å²) in [7, 11) is 0. The zero-order valence-corrected chi connectivity index (χ0v) is 91.0. The fraction of sp³-hybridized carbons (Fsp3) is 0.752. The lowest BCUT2D eigenvalue weighted by Crippen LogP contribution is -2.32. The lowest BCUT2D eigenvalue weighted by molar-refractivity contribution is -0.137. The van der Waals surface area contributed by atoms with Crippen molar-refractivity contribution in [2.45, 2.75) is 522 Å². The molecule has 0 bridgehead atoms. The molecule has 0 spiro atoms. The smallest absolute Gasteiger partial charge is 0.143 e. The molecule has 8 saturated carbocycles. The predicted molar refractivity (Wildman–Crippen MR) is 585 cm³/mol. The Balaban J connectivity index is 0.000000210. The van der Waals surface area contributed by atoms with Gasteiger partial charge in [-0.1, -0.05) is 316 Å². The number of carbonyl (C=O) groups is 8. The maximum Gasteiger partial charge on any atom is 0.143 e. The van der Waals surface area contributed by atoms with Gasteiger partial charge in [0.15, 0.2) is 0 Å². The van der Waals surface area contributed by atoms with Crippen LogP contribution in [0.25, 0.3) is 0 Å². The van der Waals surface area contributed by atoms with Crippen molar-refractivity contribution in [1.29, 1.82) is 0 Å². The van der Waals surface area contributed by atoms with Crippen molar-refractivity contribution in [3.63, 3.8) is 0 Å². The Kier molecular flexibility index (Phi) is 58.8. The van der Waals surface area contributed by atoms with E-state index in [0.29, 0.717) is 122 Å². The Morgan fingerprint density at radius 3 is 0.624 bits per heavy atom. The Bertz CT molecular complexity index is 4030. The maximum absolute atomic E-state index is 13.0. The number of hydrogen-bond acceptors (Lipinski definition) is 12. The highest BCUT2D eigenvalue weighted by Crippen LogP contribution is 2.46. The minimum absolute atomic E-state index is 0.214. The molecule has 12 heteroatoms. The summed E-state index contributed by atoms with van der Waals surface area (Å²) in [5.41, 5.74) is 5.62. The first-order valence-electron chi connectivity index (χ1n) is 60.0. The second-order valence-electron chi connectivity index (χ2n) is 45.9. The molecule has 0 aliphatic heterocycles. The van der Waals surface area contributed by atoms with E-state index in [1.54, 1.807) is 0 Å². The third kappa shape index (κ3) is 45.0. The number of ether oxygens (including phenoxy) is 4. The minimum Gasteiger partial charge on any atom is -0.494 e. The summed E-state index contributed by atoms with van der Waals surface area (Å²) in [6.45, 7) is 21.1. The normalized spacial score (nSPS) is 24.8. The van der Waals surface area contributed by atoms with Gasteiger partial charge in [0.05, 0.1) is 50.1 Å². The number of carbonyl (C=O) groups excluding carboxylic acids is 8. The second kappa shape index (κ2) is 70.3. The molecular formula is C129H202O12. The van der Waals surface area contributed by atoms with Crippen molar-refractivity contribution in [1.82, 2.24) is 0 Å². The maximum atomic E-state index is 13.0. The van der Waals surface area contributed by atoms with Crippen molar-refractivity contribution in [3.05, 3.63) is 119 Å². The first kappa shape index (κ1) is 118. The number of ketones is 8. The van der Waals surface area contributed by atoms with Crippen molar-refractivity contribution < 1.29 is 57.3 Å². The Morgan fingerprint density at radius 2 is 0.397 bits per heavy atom. The first-order valence-corrected chi connectivity index (χ1v) is 60.0. The molecule has 8 unspecified atom stereocenters. The molecule has 0 N–H and O–H groups in total. The summed E-state index contributed by atoms with van der Waals surface area (Å²) in [6, 6.07) is 34.9. The van der Waals surface area contributed by atoms with Gasteiger partial charge >= 0.3 is 0 Å². The zero-order chi connectivity index (χ0) is 100. The van der Waals surface area contributed by atoms with E-state index in [1.165, 1.54) is 208 Å². The van der Waals surface area contributed by atoms with E-state index in [4.69, 9.17) is 18.9 Å². The number of benzene rings is 4. The summed E-state index contributed by atoms with van der Waals surface area (Å²) in [4.78, 5) is 102. The van der Waals surface area contributed by atoms with Gasteiger partial charge in [0.1, 0.15) is 69.3 Å². The standard InChI is InChI=1S/C35H56O3.C33H52O3.C31H48O3.C30H46O3/c1-3-5-7-9-11-13-25-38-32-22-20-31(21-23-32)30-18-15-29(16-19-30)27-35(37)33-24-17-28(26-34(33)36)14-12-10-8-6-4-2;1-3-5-7-8-9-11-23-36-30-20-18-29(19-21-30)28-16-13-27(14-17-28)25-33(35)31-22-15-26(24-32(31)34)12-10-6-4-2;1-3-5-6-7-8-9-21-34-28-18-16-27(17-19-28)26-14-11-25(12-15-26)23-31(33)29-20-13-24(10-4-2)22-30(29)32;1-3-5-6-7-8-9-20-33-27-17-15-26(16-18-27)25-13-10-24(11-14-25)22-30(32)28-19-12-23(4-2)21-29(28)31/h20-23,28-30,33H,3-19,24-27H2,1-2H3;18-21,26-28,31H,3-17,22-25H2,1-2H3;16-19,24-26,29H,3-15,20-23H2,1-2H3;15-18,23-25,28H,3-14,19-22H2,1-2H3. The van der Waals surface area contributed by atoms with Gasteiger partial charge in [-0.05, 0) is 322 Å². The summed E-state index contributed by atoms with van der Waals surface area (Å²) < 4.78 is 23.8. The lowest BCUT2D eigenvalue weighted by Gasteiger charge is -2.31. The molecular weight excluding hydrogens is 1740 g/mol. The summed E-state index contributed by atoms with van der Waals surface area (Å²) in [6.07, 6.45) is 77.1. The van der Waals surface area contributed by atoms with Gasteiger partial charge in [0, 0.05) is 51.4 Å². The zero-order valence-electron chi connectivity index (χ0n) is 91.0. The van der Waals surface area contributed by atoms with Crippen LogP contribution in [-0.2, 0) is 38.4 Å². The van der Waals surface area contributed by atoms with Gasteiger partial charge in [-0.15, -0.1) is 0 Å². The van der Waals surface area contributed by atoms with Crippen LogP contribution in [0.1, 0.15) is 544 Å². The molecule has 0 saturated heterocycles. The van der Waals surface area contributed by atoms with Crippen LogP contribution in [0.5, 0.6) is 23.0 Å². The lowest BCUT2D eigenvalue weighted by atomic mass is 9.73. The number of unbranched alkanes of at least 4 members (excludes halogenated alkanes) is 26. The molecule has 4 aromatic carbocycles. The van der Waals surface area contributed by atoms with E-state index in [-0.39, 0.29) is 69.9 Å². The highest BCUT2D eigenvalue weighted by Gasteiger charge is 2.40. The van der Waals surface area contributed by atoms with Crippen molar-refractivity contribution in [3.8, 4) is 23.0 Å².